The normalized spacial score (nSPS) is 11.1. The molecule has 1 aromatic carbocycles. The molecule has 0 bridgehead atoms. The van der Waals surface area contributed by atoms with E-state index < -0.39 is 0 Å². The summed E-state index contributed by atoms with van der Waals surface area (Å²) in [5, 5.41) is 8.02. The molecule has 0 aliphatic rings. The van der Waals surface area contributed by atoms with Crippen molar-refractivity contribution in [3.63, 3.8) is 0 Å². The van der Waals surface area contributed by atoms with Crippen molar-refractivity contribution in [1.82, 2.24) is 15.1 Å². The highest BCUT2D eigenvalue weighted by atomic mass is 32.1. The number of nitrogens with one attached hydrogen (secondary N) is 1. The minimum absolute atomic E-state index is 0.281. The first-order chi connectivity index (χ1) is 10.5. The number of nitrogen functional groups attached to an aromatic ring is 1. The average Bonchev–Trinajstić information content (AvgIpc) is 3.05. The minimum atomic E-state index is 0.281. The van der Waals surface area contributed by atoms with Gasteiger partial charge in [0.2, 0.25) is 5.82 Å². The van der Waals surface area contributed by atoms with Gasteiger partial charge in [0.25, 0.3) is 5.89 Å². The van der Waals surface area contributed by atoms with E-state index in [-0.39, 0.29) is 6.04 Å². The molecule has 7 heteroatoms. The fourth-order valence-electron chi connectivity index (χ4n) is 2.04. The third-order valence-electron chi connectivity index (χ3n) is 3.07. The molecule has 3 rings (SSSR count). The predicted molar refractivity (Wildman–Crippen MR) is 88.8 cm³/mol. The predicted octanol–water partition coefficient (Wildman–Crippen LogP) is 3.57. The molecule has 0 fully saturated rings. The third kappa shape index (κ3) is 2.80. The smallest absolute Gasteiger partial charge is 0.272 e. The number of anilines is 2. The van der Waals surface area contributed by atoms with Crippen molar-refractivity contribution in [2.75, 3.05) is 11.1 Å². The highest BCUT2D eigenvalue weighted by Crippen LogP contribution is 2.35. The van der Waals surface area contributed by atoms with Gasteiger partial charge >= 0.3 is 0 Å². The Morgan fingerprint density at radius 1 is 1.23 bits per heavy atom. The molecule has 2 heterocycles. The van der Waals surface area contributed by atoms with Crippen LogP contribution in [0, 0.1) is 6.92 Å². The van der Waals surface area contributed by atoms with Crippen LogP contribution >= 0.6 is 11.3 Å². The number of aromatic nitrogens is 3. The van der Waals surface area contributed by atoms with Crippen LogP contribution in [0.4, 0.5) is 10.9 Å². The van der Waals surface area contributed by atoms with Crippen molar-refractivity contribution in [3.8, 4) is 22.2 Å². The van der Waals surface area contributed by atoms with Gasteiger partial charge in [-0.3, -0.25) is 0 Å². The number of benzene rings is 1. The monoisotopic (exact) mass is 315 g/mol. The summed E-state index contributed by atoms with van der Waals surface area (Å²) in [5.41, 5.74) is 8.00. The molecular weight excluding hydrogens is 298 g/mol. The van der Waals surface area contributed by atoms with Crippen molar-refractivity contribution < 1.29 is 4.52 Å². The maximum absolute atomic E-state index is 5.96. The van der Waals surface area contributed by atoms with E-state index in [1.807, 2.05) is 45.0 Å². The molecule has 0 aliphatic heterocycles. The van der Waals surface area contributed by atoms with E-state index in [1.54, 1.807) is 0 Å². The van der Waals surface area contributed by atoms with Crippen molar-refractivity contribution in [2.24, 2.45) is 0 Å². The van der Waals surface area contributed by atoms with Gasteiger partial charge in [0.15, 0.2) is 5.13 Å². The fourth-order valence-corrected chi connectivity index (χ4v) is 3.00. The number of nitrogens with two attached hydrogens (primary N) is 1. The highest BCUT2D eigenvalue weighted by molar-refractivity contribution is 7.19. The lowest BCUT2D eigenvalue weighted by Crippen LogP contribution is -2.09. The number of thiazole rings is 1. The number of hydrogen-bond acceptors (Lipinski definition) is 7. The topological polar surface area (TPSA) is 89.9 Å². The van der Waals surface area contributed by atoms with Gasteiger partial charge in [-0.05, 0) is 26.3 Å². The Kier molecular flexibility index (Phi) is 3.81. The van der Waals surface area contributed by atoms with E-state index in [0.717, 1.165) is 16.3 Å². The van der Waals surface area contributed by atoms with Crippen molar-refractivity contribution in [3.05, 3.63) is 29.8 Å². The van der Waals surface area contributed by atoms with Gasteiger partial charge in [-0.2, -0.15) is 4.98 Å². The molecule has 0 saturated heterocycles. The minimum Gasteiger partial charge on any atom is -0.382 e. The fraction of sp³-hybridized carbons (Fsp3) is 0.267. The second-order valence-corrected chi connectivity index (χ2v) is 6.27. The number of hydrogen-bond donors (Lipinski definition) is 2. The van der Waals surface area contributed by atoms with E-state index in [9.17, 15) is 0 Å². The zero-order valence-electron chi connectivity index (χ0n) is 12.6. The summed E-state index contributed by atoms with van der Waals surface area (Å²) in [6.45, 7) is 6.09. The number of nitrogens with zero attached hydrogens (tertiary/aromatic N) is 3. The Balaban J connectivity index is 1.94. The average molecular weight is 315 g/mol. The first-order valence-corrected chi connectivity index (χ1v) is 7.79. The van der Waals surface area contributed by atoms with Crippen LogP contribution in [0.5, 0.6) is 0 Å². The molecule has 0 atom stereocenters. The van der Waals surface area contributed by atoms with Crippen LogP contribution in [0.2, 0.25) is 0 Å². The highest BCUT2D eigenvalue weighted by Gasteiger charge is 2.18. The number of rotatable bonds is 4. The largest absolute Gasteiger partial charge is 0.382 e. The summed E-state index contributed by atoms with van der Waals surface area (Å²) < 4.78 is 5.36. The molecule has 3 N–H and O–H groups in total. The molecule has 22 heavy (non-hydrogen) atoms. The molecule has 114 valence electrons. The van der Waals surface area contributed by atoms with Crippen LogP contribution in [-0.4, -0.2) is 21.2 Å². The Morgan fingerprint density at radius 2 is 2.00 bits per heavy atom. The van der Waals surface area contributed by atoms with E-state index in [2.05, 4.69) is 20.4 Å². The van der Waals surface area contributed by atoms with E-state index in [1.165, 1.54) is 11.3 Å². The Bertz CT molecular complexity index is 793. The van der Waals surface area contributed by atoms with Crippen LogP contribution in [0.25, 0.3) is 22.2 Å². The number of aryl methyl sites for hydroxylation is 1. The Hall–Kier alpha value is -2.41. The van der Waals surface area contributed by atoms with Crippen LogP contribution < -0.4 is 11.1 Å². The van der Waals surface area contributed by atoms with Crippen molar-refractivity contribution >= 4 is 22.3 Å². The molecule has 3 aromatic rings. The van der Waals surface area contributed by atoms with Gasteiger partial charge in [-0.25, -0.2) is 4.98 Å². The lowest BCUT2D eigenvalue weighted by molar-refractivity contribution is 0.433. The lowest BCUT2D eigenvalue weighted by Gasteiger charge is -2.03. The molecule has 0 radical (unpaired) electrons. The molecular formula is C15H17N5OS. The molecule has 0 aliphatic carbocycles. The van der Waals surface area contributed by atoms with Gasteiger partial charge in [-0.1, -0.05) is 40.8 Å². The zero-order chi connectivity index (χ0) is 15.7. The summed E-state index contributed by atoms with van der Waals surface area (Å²) in [6.07, 6.45) is 0. The van der Waals surface area contributed by atoms with Gasteiger partial charge in [0.05, 0.1) is 0 Å². The summed E-state index contributed by atoms with van der Waals surface area (Å²) in [6, 6.07) is 8.18. The van der Waals surface area contributed by atoms with E-state index in [0.29, 0.717) is 22.4 Å². The molecule has 6 nitrogen and oxygen atoms in total. The van der Waals surface area contributed by atoms with Gasteiger partial charge in [-0.15, -0.1) is 0 Å². The summed E-state index contributed by atoms with van der Waals surface area (Å²) in [5.74, 6) is 1.34. The van der Waals surface area contributed by atoms with E-state index in [4.69, 9.17) is 10.3 Å². The maximum Gasteiger partial charge on any atom is 0.272 e. The molecule has 0 unspecified atom stereocenters. The quantitative estimate of drug-likeness (QED) is 0.765. The van der Waals surface area contributed by atoms with Gasteiger partial charge < -0.3 is 15.6 Å². The third-order valence-corrected chi connectivity index (χ3v) is 4.06. The van der Waals surface area contributed by atoms with Crippen LogP contribution in [0.1, 0.15) is 19.4 Å². The summed E-state index contributed by atoms with van der Waals surface area (Å²) in [4.78, 5) is 9.42. The second kappa shape index (κ2) is 5.76. The first-order valence-electron chi connectivity index (χ1n) is 6.97. The molecule has 2 aromatic heterocycles. The standard InChI is InChI=1S/C15H17N5OS/c1-8(2)17-15-18-12(16)11(22-15)14-19-13(20-21-14)10-7-5-4-6-9(10)3/h4-8H,16H2,1-3H3,(H,17,18). The van der Waals surface area contributed by atoms with Gasteiger partial charge in [0.1, 0.15) is 10.7 Å². The van der Waals surface area contributed by atoms with E-state index >= 15 is 0 Å². The maximum atomic E-state index is 5.96. The zero-order valence-corrected chi connectivity index (χ0v) is 13.4. The lowest BCUT2D eigenvalue weighted by atomic mass is 10.1. The Morgan fingerprint density at radius 3 is 2.73 bits per heavy atom. The Labute approximate surface area is 132 Å². The summed E-state index contributed by atoms with van der Waals surface area (Å²) in [7, 11) is 0. The van der Waals surface area contributed by atoms with Crippen LogP contribution in [-0.2, 0) is 0 Å². The van der Waals surface area contributed by atoms with Gasteiger partial charge in [0, 0.05) is 11.6 Å². The SMILES string of the molecule is Cc1ccccc1-c1noc(-c2sc(NC(C)C)nc2N)n1. The molecule has 0 saturated carbocycles. The molecule has 0 amide bonds. The molecule has 0 spiro atoms. The van der Waals surface area contributed by atoms with Crippen LogP contribution in [0.15, 0.2) is 28.8 Å². The second-order valence-electron chi connectivity index (χ2n) is 5.27. The first kappa shape index (κ1) is 14.5. The van der Waals surface area contributed by atoms with Crippen LogP contribution in [0.3, 0.4) is 0 Å². The van der Waals surface area contributed by atoms with Crippen molar-refractivity contribution in [2.45, 2.75) is 26.8 Å². The van der Waals surface area contributed by atoms with Crippen molar-refractivity contribution in [1.29, 1.82) is 0 Å². The summed E-state index contributed by atoms with van der Waals surface area (Å²) >= 11 is 1.41.